The van der Waals surface area contributed by atoms with E-state index in [-0.39, 0.29) is 11.8 Å². The highest BCUT2D eigenvalue weighted by Gasteiger charge is 2.23. The molecule has 2 bridgehead atoms. The lowest BCUT2D eigenvalue weighted by Gasteiger charge is -2.35. The van der Waals surface area contributed by atoms with E-state index < -0.39 is 0 Å². The van der Waals surface area contributed by atoms with Gasteiger partial charge in [0, 0.05) is 56.5 Å². The molecule has 186 valence electrons. The van der Waals surface area contributed by atoms with Crippen molar-refractivity contribution in [1.29, 1.82) is 0 Å². The van der Waals surface area contributed by atoms with E-state index >= 15 is 0 Å². The van der Waals surface area contributed by atoms with Crippen molar-refractivity contribution in [2.24, 2.45) is 0 Å². The lowest BCUT2D eigenvalue weighted by molar-refractivity contribution is 0.0746. The van der Waals surface area contributed by atoms with Crippen LogP contribution in [0.2, 0.25) is 0 Å². The van der Waals surface area contributed by atoms with Gasteiger partial charge in [0.25, 0.3) is 11.8 Å². The molecule has 0 aliphatic carbocycles. The topological polar surface area (TPSA) is 84.0 Å². The van der Waals surface area contributed by atoms with Crippen LogP contribution in [0.1, 0.15) is 31.8 Å². The number of benzene rings is 2. The van der Waals surface area contributed by atoms with Crippen molar-refractivity contribution in [3.8, 4) is 5.75 Å². The smallest absolute Gasteiger partial charge is 0.253 e. The van der Waals surface area contributed by atoms with Gasteiger partial charge >= 0.3 is 0 Å². The van der Waals surface area contributed by atoms with Crippen molar-refractivity contribution in [3.63, 3.8) is 0 Å². The van der Waals surface area contributed by atoms with Gasteiger partial charge in [-0.05, 0) is 53.6 Å². The van der Waals surface area contributed by atoms with Gasteiger partial charge in [-0.1, -0.05) is 18.2 Å². The molecule has 36 heavy (non-hydrogen) atoms. The predicted molar refractivity (Wildman–Crippen MR) is 137 cm³/mol. The van der Waals surface area contributed by atoms with E-state index in [2.05, 4.69) is 15.2 Å². The number of nitrogens with zero attached hydrogens (tertiary/aromatic N) is 3. The fourth-order valence-electron chi connectivity index (χ4n) is 4.55. The second-order valence-electron chi connectivity index (χ2n) is 8.88. The number of aromatic nitrogens is 1. The molecule has 2 aromatic carbocycles. The summed E-state index contributed by atoms with van der Waals surface area (Å²) in [5.41, 5.74) is 3.12. The van der Waals surface area contributed by atoms with Crippen molar-refractivity contribution in [2.75, 3.05) is 57.4 Å². The summed E-state index contributed by atoms with van der Waals surface area (Å²) < 4.78 is 11.6. The van der Waals surface area contributed by atoms with E-state index in [1.54, 1.807) is 12.3 Å². The van der Waals surface area contributed by atoms with Crippen molar-refractivity contribution in [3.05, 3.63) is 89.1 Å². The van der Waals surface area contributed by atoms with Crippen LogP contribution in [-0.4, -0.2) is 74.2 Å². The Morgan fingerprint density at radius 2 is 1.81 bits per heavy atom. The first-order chi connectivity index (χ1) is 17.7. The minimum absolute atomic E-state index is 0.00865. The summed E-state index contributed by atoms with van der Waals surface area (Å²) in [6.45, 7) is 4.43. The molecule has 1 N–H and O–H groups in total. The Balaban J connectivity index is 1.34. The second-order valence-corrected chi connectivity index (χ2v) is 8.88. The number of carbonyl (C=O) groups excluding carboxylic acids is 2. The number of nitrogens with one attached hydrogen (secondary N) is 1. The average Bonchev–Trinajstić information content (AvgIpc) is 2.93. The Kier molecular flexibility index (Phi) is 7.42. The third kappa shape index (κ3) is 5.66. The van der Waals surface area contributed by atoms with E-state index in [1.165, 1.54) is 0 Å². The maximum Gasteiger partial charge on any atom is 0.253 e. The maximum absolute atomic E-state index is 13.4. The van der Waals surface area contributed by atoms with Crippen LogP contribution in [0.4, 0.5) is 5.82 Å². The third-order valence-corrected chi connectivity index (χ3v) is 6.45. The zero-order valence-corrected chi connectivity index (χ0v) is 20.2. The largest absolute Gasteiger partial charge is 0.491 e. The fourth-order valence-corrected chi connectivity index (χ4v) is 4.55. The van der Waals surface area contributed by atoms with Crippen LogP contribution in [0.3, 0.4) is 0 Å². The molecule has 0 unspecified atom stereocenters. The highest BCUT2D eigenvalue weighted by atomic mass is 16.5. The second kappa shape index (κ2) is 11.2. The molecular weight excluding hydrogens is 456 g/mol. The van der Waals surface area contributed by atoms with Gasteiger partial charge in [-0.3, -0.25) is 9.59 Å². The Morgan fingerprint density at radius 3 is 2.64 bits per heavy atom. The lowest BCUT2D eigenvalue weighted by atomic mass is 9.99. The first-order valence-corrected chi connectivity index (χ1v) is 12.3. The van der Waals surface area contributed by atoms with Crippen LogP contribution in [0.15, 0.2) is 66.9 Å². The minimum Gasteiger partial charge on any atom is -0.491 e. The van der Waals surface area contributed by atoms with Crippen molar-refractivity contribution in [2.45, 2.75) is 6.42 Å². The van der Waals surface area contributed by atoms with Crippen LogP contribution in [0, 0.1) is 0 Å². The van der Waals surface area contributed by atoms with Gasteiger partial charge in [-0.25, -0.2) is 4.98 Å². The fraction of sp³-hybridized carbons (Fsp3) is 0.321. The Bertz CT molecular complexity index is 1210. The van der Waals surface area contributed by atoms with E-state index in [0.717, 1.165) is 35.8 Å². The summed E-state index contributed by atoms with van der Waals surface area (Å²) in [4.78, 5) is 34.4. The molecule has 3 aromatic rings. The molecular formula is C28H30N4O4. The van der Waals surface area contributed by atoms with Gasteiger partial charge in [0.2, 0.25) is 0 Å². The summed E-state index contributed by atoms with van der Waals surface area (Å²) in [6.07, 6.45) is 2.34. The van der Waals surface area contributed by atoms with E-state index in [9.17, 15) is 9.59 Å². The zero-order chi connectivity index (χ0) is 24.7. The maximum atomic E-state index is 13.4. The molecule has 0 atom stereocenters. The molecule has 2 aliphatic rings. The van der Waals surface area contributed by atoms with Gasteiger partial charge < -0.3 is 24.6 Å². The van der Waals surface area contributed by atoms with Gasteiger partial charge in [-0.2, -0.15) is 0 Å². The molecule has 2 amide bonds. The number of ether oxygens (including phenoxy) is 2. The molecule has 8 heteroatoms. The molecule has 1 fully saturated rings. The molecule has 1 aromatic heterocycles. The van der Waals surface area contributed by atoms with Crippen LogP contribution in [0.5, 0.6) is 5.75 Å². The quantitative estimate of drug-likeness (QED) is 0.600. The Labute approximate surface area is 210 Å². The summed E-state index contributed by atoms with van der Waals surface area (Å²) >= 11 is 0. The predicted octanol–water partition coefficient (Wildman–Crippen LogP) is 2.77. The zero-order valence-electron chi connectivity index (χ0n) is 20.2. The first-order valence-electron chi connectivity index (χ1n) is 12.3. The highest BCUT2D eigenvalue weighted by Crippen LogP contribution is 2.25. The van der Waals surface area contributed by atoms with E-state index in [4.69, 9.17) is 9.47 Å². The summed E-state index contributed by atoms with van der Waals surface area (Å²) in [7, 11) is 0. The highest BCUT2D eigenvalue weighted by molar-refractivity contribution is 5.95. The van der Waals surface area contributed by atoms with Crippen molar-refractivity contribution < 1.29 is 19.1 Å². The average molecular weight is 487 g/mol. The summed E-state index contributed by atoms with van der Waals surface area (Å²) in [6, 6.07) is 19.0. The normalized spacial score (nSPS) is 16.8. The standard InChI is InChI=1S/C28H30N4O4/c33-27-22-5-3-4-21(18-22)19-24-20-23(7-8-25(24)36-17-16-35-15-10-30-27)28(34)32-13-11-31(12-14-32)26-6-1-2-9-29-26/h1-9,18,20H,10-17,19H2,(H,30,33). The first kappa shape index (κ1) is 23.8. The molecule has 0 saturated carbocycles. The number of pyridine rings is 1. The van der Waals surface area contributed by atoms with E-state index in [0.29, 0.717) is 57.0 Å². The SMILES string of the molecule is O=C1NCCOCCOc2ccc(C(=O)N3CCN(c4ccccn4)CC3)cc2Cc2cccc1c2. The van der Waals surface area contributed by atoms with Crippen LogP contribution >= 0.6 is 0 Å². The van der Waals surface area contributed by atoms with Crippen LogP contribution in [0.25, 0.3) is 0 Å². The number of hydrogen-bond donors (Lipinski definition) is 1. The van der Waals surface area contributed by atoms with Gasteiger partial charge in [0.1, 0.15) is 18.2 Å². The van der Waals surface area contributed by atoms with E-state index in [1.807, 2.05) is 59.5 Å². The number of hydrogen-bond acceptors (Lipinski definition) is 6. The van der Waals surface area contributed by atoms with Gasteiger partial charge in [-0.15, -0.1) is 0 Å². The van der Waals surface area contributed by atoms with Crippen LogP contribution < -0.4 is 15.0 Å². The van der Waals surface area contributed by atoms with Crippen molar-refractivity contribution >= 4 is 17.6 Å². The summed E-state index contributed by atoms with van der Waals surface area (Å²) in [5.74, 6) is 1.55. The van der Waals surface area contributed by atoms with Crippen molar-refractivity contribution in [1.82, 2.24) is 15.2 Å². The molecule has 3 heterocycles. The number of carbonyl (C=O) groups is 2. The number of rotatable bonds is 2. The lowest BCUT2D eigenvalue weighted by Crippen LogP contribution is -2.49. The number of piperazine rings is 1. The Hall–Kier alpha value is -3.91. The summed E-state index contributed by atoms with van der Waals surface area (Å²) in [5, 5.41) is 2.88. The molecule has 0 radical (unpaired) electrons. The molecule has 0 spiro atoms. The molecule has 5 rings (SSSR count). The Morgan fingerprint density at radius 1 is 0.917 bits per heavy atom. The minimum atomic E-state index is -0.122. The number of amides is 2. The third-order valence-electron chi connectivity index (χ3n) is 6.45. The molecule has 2 aliphatic heterocycles. The van der Waals surface area contributed by atoms with Crippen LogP contribution in [-0.2, 0) is 11.2 Å². The van der Waals surface area contributed by atoms with Gasteiger partial charge in [0.15, 0.2) is 0 Å². The van der Waals surface area contributed by atoms with Gasteiger partial charge in [0.05, 0.1) is 13.2 Å². The number of fused-ring (bicyclic) bond motifs is 3. The number of anilines is 1. The monoisotopic (exact) mass is 486 g/mol. The molecule has 1 saturated heterocycles. The molecule has 8 nitrogen and oxygen atoms in total.